The Balaban J connectivity index is 2.25. The Kier molecular flexibility index (Phi) is 3.79. The molecule has 0 unspecified atom stereocenters. The van der Waals surface area contributed by atoms with Crippen molar-refractivity contribution in [1.82, 2.24) is 19.6 Å². The Bertz CT molecular complexity index is 545. The van der Waals surface area contributed by atoms with E-state index in [9.17, 15) is 13.2 Å². The van der Waals surface area contributed by atoms with E-state index in [0.29, 0.717) is 6.54 Å². The van der Waals surface area contributed by atoms with Gasteiger partial charge in [-0.25, -0.2) is 18.4 Å². The molecule has 1 aliphatic rings. The van der Waals surface area contributed by atoms with Crippen LogP contribution in [0.5, 0.6) is 0 Å². The molecular formula is C9H11ClN4O3S. The molecule has 0 saturated carbocycles. The zero-order chi connectivity index (χ0) is 13.2. The number of hydrogen-bond acceptors (Lipinski definition) is 5. The van der Waals surface area contributed by atoms with E-state index in [-0.39, 0.29) is 35.6 Å². The molecule has 18 heavy (non-hydrogen) atoms. The van der Waals surface area contributed by atoms with Crippen LogP contribution in [-0.2, 0) is 14.8 Å². The van der Waals surface area contributed by atoms with Crippen LogP contribution in [0.15, 0.2) is 17.3 Å². The van der Waals surface area contributed by atoms with Gasteiger partial charge in [-0.15, -0.1) is 0 Å². The van der Waals surface area contributed by atoms with Gasteiger partial charge in [0, 0.05) is 26.1 Å². The molecule has 0 bridgehead atoms. The number of carbonyl (C=O) groups excluding carboxylic acids is 1. The number of amides is 1. The van der Waals surface area contributed by atoms with Crippen molar-refractivity contribution in [3.8, 4) is 0 Å². The monoisotopic (exact) mass is 290 g/mol. The van der Waals surface area contributed by atoms with Gasteiger partial charge in [0.2, 0.25) is 21.2 Å². The van der Waals surface area contributed by atoms with Crippen LogP contribution in [0.3, 0.4) is 0 Å². The van der Waals surface area contributed by atoms with Crippen LogP contribution in [0, 0.1) is 0 Å². The summed E-state index contributed by atoms with van der Waals surface area (Å²) in [5.74, 6) is -0.153. The third-order valence-electron chi connectivity index (χ3n) is 2.51. The van der Waals surface area contributed by atoms with Crippen molar-refractivity contribution in [2.75, 3.05) is 19.6 Å². The summed E-state index contributed by atoms with van der Waals surface area (Å²) >= 11 is 5.51. The van der Waals surface area contributed by atoms with Crippen LogP contribution in [0.2, 0.25) is 5.28 Å². The molecule has 2 heterocycles. The summed E-state index contributed by atoms with van der Waals surface area (Å²) in [6, 6.07) is 0. The van der Waals surface area contributed by atoms with E-state index in [2.05, 4.69) is 15.3 Å². The lowest BCUT2D eigenvalue weighted by atomic mass is 10.4. The highest BCUT2D eigenvalue weighted by Crippen LogP contribution is 2.15. The minimum absolute atomic E-state index is 0.0124. The van der Waals surface area contributed by atoms with Crippen LogP contribution in [0.4, 0.5) is 0 Å². The second kappa shape index (κ2) is 5.17. The number of sulfonamides is 1. The Morgan fingerprint density at radius 3 is 2.61 bits per heavy atom. The molecule has 0 aliphatic carbocycles. The second-order valence-corrected chi connectivity index (χ2v) is 5.97. The summed E-state index contributed by atoms with van der Waals surface area (Å²) in [5.41, 5.74) is 0. The van der Waals surface area contributed by atoms with E-state index in [0.717, 1.165) is 12.4 Å². The van der Waals surface area contributed by atoms with Crippen molar-refractivity contribution >= 4 is 27.5 Å². The van der Waals surface area contributed by atoms with Gasteiger partial charge in [-0.1, -0.05) is 0 Å². The van der Waals surface area contributed by atoms with E-state index in [1.54, 1.807) is 0 Å². The summed E-state index contributed by atoms with van der Waals surface area (Å²) in [5, 5.41) is 2.60. The van der Waals surface area contributed by atoms with Crippen LogP contribution in [-0.4, -0.2) is 48.2 Å². The van der Waals surface area contributed by atoms with E-state index < -0.39 is 10.0 Å². The predicted molar refractivity (Wildman–Crippen MR) is 63.4 cm³/mol. The normalized spacial score (nSPS) is 18.2. The number of carbonyl (C=O) groups is 1. The zero-order valence-electron chi connectivity index (χ0n) is 9.34. The molecule has 1 fully saturated rings. The fourth-order valence-electron chi connectivity index (χ4n) is 1.57. The molecule has 0 radical (unpaired) electrons. The standard InChI is InChI=1S/C9H11ClN4O3S/c10-9-12-5-7(6-13-9)18(16,17)14-3-1-8(15)11-2-4-14/h5-6H,1-4H2,(H,11,15). The first-order chi connectivity index (χ1) is 8.50. The highest BCUT2D eigenvalue weighted by Gasteiger charge is 2.27. The van der Waals surface area contributed by atoms with E-state index in [4.69, 9.17) is 11.6 Å². The largest absolute Gasteiger partial charge is 0.355 e. The molecule has 1 N–H and O–H groups in total. The Labute approximate surface area is 109 Å². The molecule has 1 aromatic rings. The fraction of sp³-hybridized carbons (Fsp3) is 0.444. The molecule has 1 saturated heterocycles. The van der Waals surface area contributed by atoms with Crippen molar-refractivity contribution in [3.05, 3.63) is 17.7 Å². The van der Waals surface area contributed by atoms with E-state index in [1.807, 2.05) is 0 Å². The molecule has 0 atom stereocenters. The van der Waals surface area contributed by atoms with Crippen molar-refractivity contribution in [3.63, 3.8) is 0 Å². The highest BCUT2D eigenvalue weighted by atomic mass is 35.5. The molecule has 0 spiro atoms. The molecule has 1 amide bonds. The quantitative estimate of drug-likeness (QED) is 0.751. The summed E-state index contributed by atoms with van der Waals surface area (Å²) in [4.78, 5) is 18.4. The average molecular weight is 291 g/mol. The maximum atomic E-state index is 12.2. The summed E-state index contributed by atoms with van der Waals surface area (Å²) in [6.45, 7) is 0.681. The van der Waals surface area contributed by atoms with Crippen molar-refractivity contribution in [2.45, 2.75) is 11.3 Å². The number of nitrogens with one attached hydrogen (secondary N) is 1. The molecule has 7 nitrogen and oxygen atoms in total. The van der Waals surface area contributed by atoms with Gasteiger partial charge >= 0.3 is 0 Å². The molecular weight excluding hydrogens is 280 g/mol. The molecule has 1 aliphatic heterocycles. The number of halogens is 1. The van der Waals surface area contributed by atoms with Gasteiger partial charge < -0.3 is 5.32 Å². The number of rotatable bonds is 2. The third kappa shape index (κ3) is 2.77. The lowest BCUT2D eigenvalue weighted by Crippen LogP contribution is -2.34. The SMILES string of the molecule is O=C1CCN(S(=O)(=O)c2cnc(Cl)nc2)CCN1. The summed E-state index contributed by atoms with van der Waals surface area (Å²) in [7, 11) is -3.67. The Hall–Kier alpha value is -1.25. The Morgan fingerprint density at radius 1 is 1.28 bits per heavy atom. The van der Waals surface area contributed by atoms with Gasteiger partial charge in [0.25, 0.3) is 0 Å². The fourth-order valence-corrected chi connectivity index (χ4v) is 3.00. The first-order valence-electron chi connectivity index (χ1n) is 5.24. The zero-order valence-corrected chi connectivity index (χ0v) is 10.9. The smallest absolute Gasteiger partial charge is 0.246 e. The summed E-state index contributed by atoms with van der Waals surface area (Å²) in [6.07, 6.45) is 2.46. The maximum absolute atomic E-state index is 12.2. The maximum Gasteiger partial charge on any atom is 0.246 e. The average Bonchev–Trinajstić information content (AvgIpc) is 2.55. The van der Waals surface area contributed by atoms with Gasteiger partial charge in [-0.3, -0.25) is 4.79 Å². The molecule has 2 rings (SSSR count). The van der Waals surface area contributed by atoms with Crippen LogP contribution >= 0.6 is 11.6 Å². The van der Waals surface area contributed by atoms with Gasteiger partial charge in [0.15, 0.2) is 0 Å². The van der Waals surface area contributed by atoms with Crippen LogP contribution < -0.4 is 5.32 Å². The number of hydrogen-bond donors (Lipinski definition) is 1. The topological polar surface area (TPSA) is 92.3 Å². The van der Waals surface area contributed by atoms with Crippen molar-refractivity contribution in [1.29, 1.82) is 0 Å². The lowest BCUT2D eigenvalue weighted by molar-refractivity contribution is -0.120. The van der Waals surface area contributed by atoms with E-state index in [1.165, 1.54) is 4.31 Å². The lowest BCUT2D eigenvalue weighted by Gasteiger charge is -2.18. The minimum Gasteiger partial charge on any atom is -0.355 e. The molecule has 9 heteroatoms. The first kappa shape index (κ1) is 13.2. The van der Waals surface area contributed by atoms with Gasteiger partial charge in [0.1, 0.15) is 4.90 Å². The molecule has 98 valence electrons. The highest BCUT2D eigenvalue weighted by molar-refractivity contribution is 7.89. The van der Waals surface area contributed by atoms with Gasteiger partial charge in [0.05, 0.1) is 12.4 Å². The predicted octanol–water partition coefficient (Wildman–Crippen LogP) is -0.359. The summed E-state index contributed by atoms with van der Waals surface area (Å²) < 4.78 is 25.7. The van der Waals surface area contributed by atoms with Gasteiger partial charge in [-0.05, 0) is 11.6 Å². The first-order valence-corrected chi connectivity index (χ1v) is 7.06. The second-order valence-electron chi connectivity index (χ2n) is 3.69. The van der Waals surface area contributed by atoms with Crippen LogP contribution in [0.25, 0.3) is 0 Å². The van der Waals surface area contributed by atoms with Crippen molar-refractivity contribution in [2.24, 2.45) is 0 Å². The van der Waals surface area contributed by atoms with Crippen LogP contribution in [0.1, 0.15) is 6.42 Å². The molecule has 0 aromatic carbocycles. The number of nitrogens with zero attached hydrogens (tertiary/aromatic N) is 3. The van der Waals surface area contributed by atoms with Crippen molar-refractivity contribution < 1.29 is 13.2 Å². The molecule has 1 aromatic heterocycles. The Morgan fingerprint density at radius 2 is 1.94 bits per heavy atom. The number of aromatic nitrogens is 2. The minimum atomic E-state index is -3.67. The van der Waals surface area contributed by atoms with E-state index >= 15 is 0 Å². The van der Waals surface area contributed by atoms with Gasteiger partial charge in [-0.2, -0.15) is 4.31 Å². The third-order valence-corrected chi connectivity index (χ3v) is 4.55.